The van der Waals surface area contributed by atoms with Crippen LogP contribution < -0.4 is 4.74 Å². The molecule has 0 spiro atoms. The van der Waals surface area contributed by atoms with E-state index in [4.69, 9.17) is 4.74 Å². The zero-order chi connectivity index (χ0) is 14.4. The Morgan fingerprint density at radius 2 is 1.90 bits per heavy atom. The molecule has 0 radical (unpaired) electrons. The Labute approximate surface area is 118 Å². The van der Waals surface area contributed by atoms with Gasteiger partial charge >= 0.3 is 0 Å². The second kappa shape index (κ2) is 6.70. The van der Waals surface area contributed by atoms with Crippen molar-refractivity contribution in [3.63, 3.8) is 0 Å². The molecule has 0 saturated heterocycles. The van der Waals surface area contributed by atoms with E-state index in [0.717, 1.165) is 17.5 Å². The highest BCUT2D eigenvalue weighted by Crippen LogP contribution is 2.26. The summed E-state index contributed by atoms with van der Waals surface area (Å²) in [5.41, 5.74) is 1.93. The molecule has 2 rings (SSSR count). The van der Waals surface area contributed by atoms with E-state index >= 15 is 0 Å². The summed E-state index contributed by atoms with van der Waals surface area (Å²) in [5, 5.41) is 11.1. The first-order valence-electron chi connectivity index (χ1n) is 6.64. The molecule has 104 valence electrons. The van der Waals surface area contributed by atoms with E-state index in [9.17, 15) is 10.1 Å². The predicted octanol–water partition coefficient (Wildman–Crippen LogP) is 4.13. The fourth-order valence-corrected chi connectivity index (χ4v) is 2.03. The van der Waals surface area contributed by atoms with Crippen molar-refractivity contribution in [2.75, 3.05) is 0 Å². The largest absolute Gasteiger partial charge is 0.489 e. The van der Waals surface area contributed by atoms with Gasteiger partial charge in [-0.25, -0.2) is 0 Å². The summed E-state index contributed by atoms with van der Waals surface area (Å²) in [5.74, 6) is 0.528. The molecular weight excluding hydrogens is 254 g/mol. The number of nitrogens with zero attached hydrogens (tertiary/aromatic N) is 1. The average Bonchev–Trinajstić information content (AvgIpc) is 2.47. The maximum absolute atomic E-state index is 11.1. The number of ether oxygens (including phenoxy) is 1. The van der Waals surface area contributed by atoms with Gasteiger partial charge in [0.25, 0.3) is 5.69 Å². The lowest BCUT2D eigenvalue weighted by Crippen LogP contribution is -1.99. The van der Waals surface area contributed by atoms with Crippen molar-refractivity contribution in [1.29, 1.82) is 0 Å². The predicted molar refractivity (Wildman–Crippen MR) is 77.9 cm³/mol. The molecule has 0 aromatic heterocycles. The van der Waals surface area contributed by atoms with E-state index in [-0.39, 0.29) is 10.6 Å². The molecule has 0 amide bonds. The second-order valence-corrected chi connectivity index (χ2v) is 4.57. The van der Waals surface area contributed by atoms with Gasteiger partial charge in [0.05, 0.1) is 11.0 Å². The first kappa shape index (κ1) is 14.1. The van der Waals surface area contributed by atoms with Crippen LogP contribution in [0.25, 0.3) is 0 Å². The molecule has 0 atom stereocenters. The van der Waals surface area contributed by atoms with Crippen LogP contribution in [-0.2, 0) is 13.0 Å². The molecule has 0 bridgehead atoms. The third kappa shape index (κ3) is 3.57. The number of benzene rings is 2. The van der Waals surface area contributed by atoms with Crippen molar-refractivity contribution >= 4 is 5.69 Å². The molecule has 20 heavy (non-hydrogen) atoms. The Morgan fingerprint density at radius 3 is 2.55 bits per heavy atom. The number of hydrogen-bond acceptors (Lipinski definition) is 3. The second-order valence-electron chi connectivity index (χ2n) is 4.57. The summed E-state index contributed by atoms with van der Waals surface area (Å²) < 4.78 is 5.61. The van der Waals surface area contributed by atoms with Crippen LogP contribution in [0.5, 0.6) is 5.75 Å². The van der Waals surface area contributed by atoms with Crippen LogP contribution in [0, 0.1) is 10.1 Å². The molecule has 2 aromatic rings. The summed E-state index contributed by atoms with van der Waals surface area (Å²) in [7, 11) is 0. The molecule has 0 aliphatic heterocycles. The summed E-state index contributed by atoms with van der Waals surface area (Å²) in [6.07, 6.45) is 1.58. The van der Waals surface area contributed by atoms with E-state index in [1.807, 2.05) is 37.3 Å². The Bertz CT molecular complexity index is 582. The fraction of sp³-hybridized carbons (Fsp3) is 0.250. The Hall–Kier alpha value is -2.36. The number of rotatable bonds is 6. The van der Waals surface area contributed by atoms with Crippen LogP contribution >= 0.6 is 0 Å². The van der Waals surface area contributed by atoms with Crippen LogP contribution in [-0.4, -0.2) is 4.92 Å². The quantitative estimate of drug-likeness (QED) is 0.586. The van der Waals surface area contributed by atoms with Gasteiger partial charge in [-0.05, 0) is 24.1 Å². The molecule has 0 unspecified atom stereocenters. The lowest BCUT2D eigenvalue weighted by Gasteiger charge is -2.08. The molecular formula is C16H17NO3. The minimum Gasteiger partial charge on any atom is -0.489 e. The summed E-state index contributed by atoms with van der Waals surface area (Å²) >= 11 is 0. The third-order valence-corrected chi connectivity index (χ3v) is 3.02. The van der Waals surface area contributed by atoms with Crippen LogP contribution in [0.1, 0.15) is 24.5 Å². The monoisotopic (exact) mass is 271 g/mol. The van der Waals surface area contributed by atoms with E-state index in [1.54, 1.807) is 12.1 Å². The average molecular weight is 271 g/mol. The number of nitro benzene ring substituents is 1. The van der Waals surface area contributed by atoms with Gasteiger partial charge in [-0.2, -0.15) is 0 Å². The number of hydrogen-bond donors (Lipinski definition) is 0. The van der Waals surface area contributed by atoms with Crippen LogP contribution in [0.2, 0.25) is 0 Å². The highest BCUT2D eigenvalue weighted by atomic mass is 16.6. The Balaban J connectivity index is 2.13. The molecule has 0 fully saturated rings. The smallest absolute Gasteiger partial charge is 0.276 e. The molecule has 0 aliphatic rings. The van der Waals surface area contributed by atoms with Crippen molar-refractivity contribution < 1.29 is 9.66 Å². The van der Waals surface area contributed by atoms with Crippen LogP contribution in [0.3, 0.4) is 0 Å². The SMILES string of the molecule is CCCc1ccc(OCc2ccccc2)cc1[N+](=O)[O-]. The first-order valence-corrected chi connectivity index (χ1v) is 6.64. The minimum absolute atomic E-state index is 0.136. The van der Waals surface area contributed by atoms with Gasteiger partial charge in [0.15, 0.2) is 0 Å². The van der Waals surface area contributed by atoms with Gasteiger partial charge in [0.2, 0.25) is 0 Å². The van der Waals surface area contributed by atoms with Gasteiger partial charge in [-0.3, -0.25) is 10.1 Å². The Kier molecular flexibility index (Phi) is 4.71. The van der Waals surface area contributed by atoms with Gasteiger partial charge < -0.3 is 4.74 Å². The van der Waals surface area contributed by atoms with E-state index in [0.29, 0.717) is 18.8 Å². The van der Waals surface area contributed by atoms with Crippen molar-refractivity contribution in [2.45, 2.75) is 26.4 Å². The Morgan fingerprint density at radius 1 is 1.15 bits per heavy atom. The summed E-state index contributed by atoms with van der Waals surface area (Å²) in [6.45, 7) is 2.41. The third-order valence-electron chi connectivity index (χ3n) is 3.02. The number of aryl methyl sites for hydroxylation is 1. The molecule has 0 heterocycles. The maximum Gasteiger partial charge on any atom is 0.276 e. The van der Waals surface area contributed by atoms with Crippen molar-refractivity contribution in [1.82, 2.24) is 0 Å². The topological polar surface area (TPSA) is 52.4 Å². The van der Waals surface area contributed by atoms with Crippen molar-refractivity contribution in [3.05, 3.63) is 69.8 Å². The summed E-state index contributed by atoms with van der Waals surface area (Å²) in [6, 6.07) is 14.8. The van der Waals surface area contributed by atoms with E-state index in [1.165, 1.54) is 6.07 Å². The van der Waals surface area contributed by atoms with Gasteiger partial charge in [-0.15, -0.1) is 0 Å². The molecule has 0 aliphatic carbocycles. The van der Waals surface area contributed by atoms with Gasteiger partial charge in [0.1, 0.15) is 12.4 Å². The van der Waals surface area contributed by atoms with Gasteiger partial charge in [-0.1, -0.05) is 43.7 Å². The zero-order valence-electron chi connectivity index (χ0n) is 11.4. The normalized spacial score (nSPS) is 10.2. The maximum atomic E-state index is 11.1. The molecule has 4 heteroatoms. The minimum atomic E-state index is -0.347. The highest BCUT2D eigenvalue weighted by Gasteiger charge is 2.14. The van der Waals surface area contributed by atoms with Gasteiger partial charge in [0, 0.05) is 5.56 Å². The lowest BCUT2D eigenvalue weighted by atomic mass is 10.1. The van der Waals surface area contributed by atoms with E-state index < -0.39 is 0 Å². The standard InChI is InChI=1S/C16H17NO3/c1-2-6-14-9-10-15(11-16(14)17(18)19)20-12-13-7-4-3-5-8-13/h3-5,7-11H,2,6,12H2,1H3. The molecule has 0 N–H and O–H groups in total. The van der Waals surface area contributed by atoms with Crippen molar-refractivity contribution in [3.8, 4) is 5.75 Å². The van der Waals surface area contributed by atoms with E-state index in [2.05, 4.69) is 0 Å². The van der Waals surface area contributed by atoms with Crippen molar-refractivity contribution in [2.24, 2.45) is 0 Å². The molecule has 0 saturated carbocycles. The fourth-order valence-electron chi connectivity index (χ4n) is 2.03. The lowest BCUT2D eigenvalue weighted by molar-refractivity contribution is -0.385. The number of nitro groups is 1. The highest BCUT2D eigenvalue weighted by molar-refractivity contribution is 5.46. The molecule has 4 nitrogen and oxygen atoms in total. The van der Waals surface area contributed by atoms with Crippen LogP contribution in [0.4, 0.5) is 5.69 Å². The van der Waals surface area contributed by atoms with Crippen LogP contribution in [0.15, 0.2) is 48.5 Å². The summed E-state index contributed by atoms with van der Waals surface area (Å²) in [4.78, 5) is 10.7. The zero-order valence-corrected chi connectivity index (χ0v) is 11.4. The first-order chi connectivity index (χ1) is 9.70. The molecule has 2 aromatic carbocycles.